The van der Waals surface area contributed by atoms with Gasteiger partial charge in [-0.1, -0.05) is 30.0 Å². The molecule has 8 nitrogen and oxygen atoms in total. The van der Waals surface area contributed by atoms with Gasteiger partial charge in [0.1, 0.15) is 0 Å². The van der Waals surface area contributed by atoms with Crippen LogP contribution in [-0.4, -0.2) is 38.5 Å². The molecule has 0 aliphatic heterocycles. The molecule has 30 heavy (non-hydrogen) atoms. The lowest BCUT2D eigenvalue weighted by molar-refractivity contribution is -0.113. The van der Waals surface area contributed by atoms with Gasteiger partial charge in [0.15, 0.2) is 33.7 Å². The molecule has 1 amide bonds. The Morgan fingerprint density at radius 1 is 1.37 bits per heavy atom. The van der Waals surface area contributed by atoms with Crippen LogP contribution in [0.2, 0.25) is 0 Å². The summed E-state index contributed by atoms with van der Waals surface area (Å²) in [6.07, 6.45) is 1.38. The number of benzene rings is 1. The first-order chi connectivity index (χ1) is 14.5. The molecule has 0 radical (unpaired) electrons. The number of hydrogen-bond acceptors (Lipinski definition) is 8. The largest absolute Gasteiger partial charge is 0.493 e. The molecule has 0 spiro atoms. The molecule has 10 heteroatoms. The third-order valence-corrected chi connectivity index (χ3v) is 5.83. The fourth-order valence-electron chi connectivity index (χ4n) is 2.66. The van der Waals surface area contributed by atoms with Crippen LogP contribution in [0.3, 0.4) is 0 Å². The van der Waals surface area contributed by atoms with Gasteiger partial charge in [0.25, 0.3) is 0 Å². The molecular formula is C20H23N5O3S2. The van der Waals surface area contributed by atoms with Crippen LogP contribution >= 0.6 is 23.1 Å². The van der Waals surface area contributed by atoms with Crippen LogP contribution in [0.1, 0.15) is 24.5 Å². The van der Waals surface area contributed by atoms with E-state index in [1.165, 1.54) is 23.1 Å². The Hall–Kier alpha value is -2.85. The molecule has 0 bridgehead atoms. The smallest absolute Gasteiger partial charge is 0.236 e. The molecule has 1 unspecified atom stereocenters. The van der Waals surface area contributed by atoms with Gasteiger partial charge in [-0.2, -0.15) is 0 Å². The molecule has 158 valence electrons. The number of nitrogens with zero attached hydrogens (tertiary/aromatic N) is 4. The van der Waals surface area contributed by atoms with Crippen molar-refractivity contribution in [3.63, 3.8) is 0 Å². The molecule has 0 saturated carbocycles. The number of ether oxygens (including phenoxy) is 2. The van der Waals surface area contributed by atoms with Crippen LogP contribution in [0.5, 0.6) is 11.5 Å². The minimum Gasteiger partial charge on any atom is -0.493 e. The van der Waals surface area contributed by atoms with E-state index in [1.807, 2.05) is 48.1 Å². The fourth-order valence-corrected chi connectivity index (χ4v) is 4.12. The molecule has 3 aromatic rings. The summed E-state index contributed by atoms with van der Waals surface area (Å²) in [5.74, 6) is 1.94. The summed E-state index contributed by atoms with van der Waals surface area (Å²) in [6.45, 7) is 8.08. The second-order valence-corrected chi connectivity index (χ2v) is 8.08. The average molecular weight is 446 g/mol. The number of aromatic nitrogens is 4. The maximum atomic E-state index is 12.2. The minimum atomic E-state index is -0.379. The topological polar surface area (TPSA) is 91.2 Å². The number of anilines is 1. The highest BCUT2D eigenvalue weighted by Crippen LogP contribution is 2.31. The Kier molecular flexibility index (Phi) is 7.47. The van der Waals surface area contributed by atoms with Gasteiger partial charge in [0.2, 0.25) is 5.91 Å². The normalized spacial score (nSPS) is 11.7. The number of carbonyl (C=O) groups is 1. The van der Waals surface area contributed by atoms with Gasteiger partial charge >= 0.3 is 0 Å². The number of para-hydroxylation sites is 2. The molecular weight excluding hydrogens is 422 g/mol. The van der Waals surface area contributed by atoms with E-state index in [1.54, 1.807) is 13.2 Å². The lowest BCUT2D eigenvalue weighted by Gasteiger charge is -2.17. The van der Waals surface area contributed by atoms with Crippen molar-refractivity contribution in [2.75, 3.05) is 18.2 Å². The molecule has 2 heterocycles. The van der Waals surface area contributed by atoms with Crippen LogP contribution in [0, 0.1) is 6.92 Å². The predicted molar refractivity (Wildman–Crippen MR) is 118 cm³/mol. The number of rotatable bonds is 10. The molecule has 0 aliphatic rings. The number of hydrogen-bond donors (Lipinski definition) is 1. The van der Waals surface area contributed by atoms with E-state index >= 15 is 0 Å². The van der Waals surface area contributed by atoms with E-state index in [0.29, 0.717) is 34.2 Å². The highest BCUT2D eigenvalue weighted by molar-refractivity contribution is 7.99. The van der Waals surface area contributed by atoms with Crippen LogP contribution in [0.15, 0.2) is 47.5 Å². The number of thiazole rings is 1. The maximum absolute atomic E-state index is 12.2. The highest BCUT2D eigenvalue weighted by Gasteiger charge is 2.21. The SMILES string of the molecule is C=CCn1c(SCC(=O)Nc2nc(C)cs2)nnc1C(C)Oc1ccccc1OC. The molecule has 2 aromatic heterocycles. The van der Waals surface area contributed by atoms with E-state index in [0.717, 1.165) is 5.69 Å². The summed E-state index contributed by atoms with van der Waals surface area (Å²) in [5.41, 5.74) is 0.877. The summed E-state index contributed by atoms with van der Waals surface area (Å²) < 4.78 is 13.3. The average Bonchev–Trinajstić information content (AvgIpc) is 3.33. The van der Waals surface area contributed by atoms with Crippen LogP contribution < -0.4 is 14.8 Å². The van der Waals surface area contributed by atoms with Crippen molar-refractivity contribution < 1.29 is 14.3 Å². The Labute approximate surface area is 183 Å². The van der Waals surface area contributed by atoms with Crippen molar-refractivity contribution >= 4 is 34.1 Å². The summed E-state index contributed by atoms with van der Waals surface area (Å²) in [6, 6.07) is 7.43. The molecule has 0 fully saturated rings. The van der Waals surface area contributed by atoms with Crippen LogP contribution in [-0.2, 0) is 11.3 Å². The molecule has 1 atom stereocenters. The van der Waals surface area contributed by atoms with Crippen molar-refractivity contribution in [1.82, 2.24) is 19.7 Å². The lowest BCUT2D eigenvalue weighted by Crippen LogP contribution is -2.15. The monoisotopic (exact) mass is 445 g/mol. The Balaban J connectivity index is 1.69. The lowest BCUT2D eigenvalue weighted by atomic mass is 10.3. The molecule has 1 N–H and O–H groups in total. The second-order valence-electron chi connectivity index (χ2n) is 6.28. The predicted octanol–water partition coefficient (Wildman–Crippen LogP) is 4.11. The maximum Gasteiger partial charge on any atom is 0.236 e. The van der Waals surface area contributed by atoms with E-state index < -0.39 is 0 Å². The second kappa shape index (κ2) is 10.3. The first kappa shape index (κ1) is 21.8. The molecule has 1 aromatic carbocycles. The van der Waals surface area contributed by atoms with Gasteiger partial charge in [0, 0.05) is 11.9 Å². The van der Waals surface area contributed by atoms with Crippen molar-refractivity contribution in [2.24, 2.45) is 0 Å². The Morgan fingerprint density at radius 3 is 2.80 bits per heavy atom. The molecule has 0 aliphatic carbocycles. The highest BCUT2D eigenvalue weighted by atomic mass is 32.2. The third kappa shape index (κ3) is 5.39. The number of thioether (sulfide) groups is 1. The van der Waals surface area contributed by atoms with E-state index in [2.05, 4.69) is 27.1 Å². The first-order valence-corrected chi connectivity index (χ1v) is 11.1. The first-order valence-electron chi connectivity index (χ1n) is 9.20. The van der Waals surface area contributed by atoms with Gasteiger partial charge in [-0.05, 0) is 26.0 Å². The number of allylic oxidation sites excluding steroid dienone is 1. The van der Waals surface area contributed by atoms with Crippen molar-refractivity contribution in [2.45, 2.75) is 31.7 Å². The zero-order valence-electron chi connectivity index (χ0n) is 17.0. The van der Waals surface area contributed by atoms with Crippen LogP contribution in [0.25, 0.3) is 0 Å². The summed E-state index contributed by atoms with van der Waals surface area (Å²) in [4.78, 5) is 16.5. The van der Waals surface area contributed by atoms with Crippen molar-refractivity contribution in [1.29, 1.82) is 0 Å². The van der Waals surface area contributed by atoms with E-state index in [9.17, 15) is 4.79 Å². The van der Waals surface area contributed by atoms with Crippen molar-refractivity contribution in [3.05, 3.63) is 53.8 Å². The number of carbonyl (C=O) groups excluding carboxylic acids is 1. The van der Waals surface area contributed by atoms with Gasteiger partial charge < -0.3 is 14.8 Å². The van der Waals surface area contributed by atoms with E-state index in [4.69, 9.17) is 9.47 Å². The summed E-state index contributed by atoms with van der Waals surface area (Å²) in [7, 11) is 1.60. The number of aryl methyl sites for hydroxylation is 1. The van der Waals surface area contributed by atoms with Crippen LogP contribution in [0.4, 0.5) is 5.13 Å². The summed E-state index contributed by atoms with van der Waals surface area (Å²) >= 11 is 2.70. The standard InChI is InChI=1S/C20H23N5O3S2/c1-5-10-25-18(14(3)28-16-9-7-6-8-15(16)27-4)23-24-20(25)30-12-17(26)22-19-21-13(2)11-29-19/h5-9,11,14H,1,10,12H2,2-4H3,(H,21,22,26). The Bertz CT molecular complexity index is 1020. The summed E-state index contributed by atoms with van der Waals surface area (Å²) in [5, 5.41) is 14.4. The third-order valence-electron chi connectivity index (χ3n) is 3.99. The van der Waals surface area contributed by atoms with Gasteiger partial charge in [-0.3, -0.25) is 9.36 Å². The zero-order valence-corrected chi connectivity index (χ0v) is 18.6. The van der Waals surface area contributed by atoms with Gasteiger partial charge in [-0.15, -0.1) is 28.1 Å². The van der Waals surface area contributed by atoms with E-state index in [-0.39, 0.29) is 17.8 Å². The number of amides is 1. The molecule has 0 saturated heterocycles. The quantitative estimate of drug-likeness (QED) is 0.371. The number of nitrogens with one attached hydrogen (secondary N) is 1. The van der Waals surface area contributed by atoms with Gasteiger partial charge in [0.05, 0.1) is 18.6 Å². The van der Waals surface area contributed by atoms with Gasteiger partial charge in [-0.25, -0.2) is 4.98 Å². The zero-order chi connectivity index (χ0) is 21.5. The fraction of sp³-hybridized carbons (Fsp3) is 0.300. The van der Waals surface area contributed by atoms with Crippen molar-refractivity contribution in [3.8, 4) is 11.5 Å². The minimum absolute atomic E-state index is 0.151. The molecule has 3 rings (SSSR count). The Morgan fingerprint density at radius 2 is 2.13 bits per heavy atom. The number of methoxy groups -OCH3 is 1.